The molecule has 41 heavy (non-hydrogen) atoms. The summed E-state index contributed by atoms with van der Waals surface area (Å²) in [6.07, 6.45) is 11.3. The lowest BCUT2D eigenvalue weighted by molar-refractivity contribution is 0.148. The van der Waals surface area contributed by atoms with E-state index in [4.69, 9.17) is 23.7 Å². The third-order valence-corrected chi connectivity index (χ3v) is 6.99. The fraction of sp³-hybridized carbons (Fsp3) is 0.375. The number of rotatable bonds is 14. The van der Waals surface area contributed by atoms with Gasteiger partial charge in [0.2, 0.25) is 0 Å². The topological polar surface area (TPSA) is 104 Å². The van der Waals surface area contributed by atoms with Crippen LogP contribution in [0.4, 0.5) is 0 Å². The summed E-state index contributed by atoms with van der Waals surface area (Å²) < 4.78 is 28.9. The van der Waals surface area contributed by atoms with Crippen molar-refractivity contribution < 1.29 is 23.7 Å². The smallest absolute Gasteiger partial charge is 0.159 e. The fourth-order valence-corrected chi connectivity index (χ4v) is 4.63. The Morgan fingerprint density at radius 1 is 0.610 bits per heavy atom. The minimum Gasteiger partial charge on any atom is -0.484 e. The van der Waals surface area contributed by atoms with Gasteiger partial charge in [-0.1, -0.05) is 26.7 Å². The molecule has 2 saturated heterocycles. The monoisotopic (exact) mass is 554 g/mol. The van der Waals surface area contributed by atoms with Crippen LogP contribution < -0.4 is 14.2 Å². The van der Waals surface area contributed by atoms with E-state index in [1.807, 2.05) is 48.5 Å². The summed E-state index contributed by atoms with van der Waals surface area (Å²) >= 11 is 0. The Bertz CT molecular complexity index is 1280. The van der Waals surface area contributed by atoms with Gasteiger partial charge in [-0.2, -0.15) is 0 Å². The van der Waals surface area contributed by atoms with Gasteiger partial charge in [-0.3, -0.25) is 0 Å². The van der Waals surface area contributed by atoms with Crippen molar-refractivity contribution in [1.29, 1.82) is 0 Å². The standard InChI is InChI=1S/C32H34N4O5/c1-3-5-27(29-19-37-29)40-25-15-33-31(34-16-25)21-7-11-23(12-8-21)39-24-13-9-22(10-14-24)32-35-17-26(18-36-32)41-28(6-4-2)30-20-38-30/h7-18,27-30H,3-6,19-20H2,1-2H3. The van der Waals surface area contributed by atoms with Crippen LogP contribution in [-0.4, -0.2) is 57.6 Å². The highest BCUT2D eigenvalue weighted by Crippen LogP contribution is 2.29. The molecule has 0 bridgehead atoms. The second kappa shape index (κ2) is 12.6. The molecule has 2 aromatic heterocycles. The predicted molar refractivity (Wildman–Crippen MR) is 153 cm³/mol. The molecule has 2 fully saturated rings. The average molecular weight is 555 g/mol. The van der Waals surface area contributed by atoms with E-state index < -0.39 is 0 Å². The van der Waals surface area contributed by atoms with Crippen LogP contribution in [0.25, 0.3) is 22.8 Å². The number of nitrogens with zero attached hydrogens (tertiary/aromatic N) is 4. The van der Waals surface area contributed by atoms with E-state index in [0.717, 1.165) is 50.0 Å². The van der Waals surface area contributed by atoms with Crippen LogP contribution in [0.3, 0.4) is 0 Å². The van der Waals surface area contributed by atoms with Crippen molar-refractivity contribution in [3.8, 4) is 45.8 Å². The largest absolute Gasteiger partial charge is 0.484 e. The van der Waals surface area contributed by atoms with Crippen LogP contribution in [0.15, 0.2) is 73.3 Å². The van der Waals surface area contributed by atoms with Crippen LogP contribution in [0.2, 0.25) is 0 Å². The first-order valence-corrected chi connectivity index (χ1v) is 14.3. The van der Waals surface area contributed by atoms with Crippen molar-refractivity contribution >= 4 is 0 Å². The Morgan fingerprint density at radius 3 is 1.29 bits per heavy atom. The Hall–Kier alpha value is -4.08. The molecular weight excluding hydrogens is 520 g/mol. The van der Waals surface area contributed by atoms with Crippen LogP contribution in [-0.2, 0) is 9.47 Å². The summed E-state index contributed by atoms with van der Waals surface area (Å²) in [4.78, 5) is 18.0. The van der Waals surface area contributed by atoms with Crippen LogP contribution in [0, 0.1) is 0 Å². The second-order valence-electron chi connectivity index (χ2n) is 10.3. The maximum absolute atomic E-state index is 6.04. The maximum atomic E-state index is 6.04. The summed E-state index contributed by atoms with van der Waals surface area (Å²) in [5.74, 6) is 4.00. The Balaban J connectivity index is 1.03. The molecule has 2 aliphatic rings. The minimum atomic E-state index is 0.0542. The lowest BCUT2D eigenvalue weighted by Gasteiger charge is -2.16. The number of hydrogen-bond donors (Lipinski definition) is 0. The van der Waals surface area contributed by atoms with Gasteiger partial charge in [0.15, 0.2) is 23.1 Å². The van der Waals surface area contributed by atoms with Crippen molar-refractivity contribution in [1.82, 2.24) is 19.9 Å². The predicted octanol–water partition coefficient (Wildman–Crippen LogP) is 6.29. The zero-order valence-electron chi connectivity index (χ0n) is 23.3. The normalized spacial score (nSPS) is 18.8. The molecule has 0 aliphatic carbocycles. The highest BCUT2D eigenvalue weighted by molar-refractivity contribution is 5.58. The number of aromatic nitrogens is 4. The van der Waals surface area contributed by atoms with Gasteiger partial charge in [0.25, 0.3) is 0 Å². The minimum absolute atomic E-state index is 0.0542. The molecule has 0 amide bonds. The zero-order valence-corrected chi connectivity index (χ0v) is 23.3. The summed E-state index contributed by atoms with van der Waals surface area (Å²) in [6.45, 7) is 5.80. The number of hydrogen-bond acceptors (Lipinski definition) is 9. The summed E-state index contributed by atoms with van der Waals surface area (Å²) in [5.41, 5.74) is 1.79. The van der Waals surface area contributed by atoms with Crippen molar-refractivity contribution in [2.24, 2.45) is 0 Å². The molecule has 6 rings (SSSR count). The maximum Gasteiger partial charge on any atom is 0.159 e. The van der Waals surface area contributed by atoms with Crippen LogP contribution >= 0.6 is 0 Å². The summed E-state index contributed by atoms with van der Waals surface area (Å²) in [7, 11) is 0. The Kier molecular flexibility index (Phi) is 8.34. The Labute approximate surface area is 239 Å². The first-order valence-electron chi connectivity index (χ1n) is 14.3. The molecule has 2 aromatic carbocycles. The van der Waals surface area contributed by atoms with E-state index in [-0.39, 0.29) is 24.4 Å². The van der Waals surface area contributed by atoms with Gasteiger partial charge in [-0.05, 0) is 61.4 Å². The molecule has 2 aliphatic heterocycles. The number of ether oxygens (including phenoxy) is 5. The fourth-order valence-electron chi connectivity index (χ4n) is 4.63. The van der Waals surface area contributed by atoms with Gasteiger partial charge in [-0.15, -0.1) is 0 Å². The van der Waals surface area contributed by atoms with Crippen LogP contribution in [0.1, 0.15) is 39.5 Å². The quantitative estimate of drug-likeness (QED) is 0.166. The van der Waals surface area contributed by atoms with Gasteiger partial charge in [0.1, 0.15) is 35.9 Å². The lowest BCUT2D eigenvalue weighted by Crippen LogP contribution is -2.23. The van der Waals surface area contributed by atoms with Crippen molar-refractivity contribution in [2.75, 3.05) is 13.2 Å². The van der Waals surface area contributed by atoms with E-state index in [0.29, 0.717) is 34.6 Å². The van der Waals surface area contributed by atoms with Gasteiger partial charge >= 0.3 is 0 Å². The molecule has 0 saturated carbocycles. The lowest BCUT2D eigenvalue weighted by atomic mass is 10.1. The molecule has 0 radical (unpaired) electrons. The molecule has 0 N–H and O–H groups in total. The molecule has 4 atom stereocenters. The molecule has 9 nitrogen and oxygen atoms in total. The molecule has 4 heterocycles. The molecular formula is C32H34N4O5. The van der Waals surface area contributed by atoms with E-state index in [1.165, 1.54) is 0 Å². The third kappa shape index (κ3) is 7.17. The highest BCUT2D eigenvalue weighted by atomic mass is 16.6. The second-order valence-corrected chi connectivity index (χ2v) is 10.3. The first-order chi connectivity index (χ1) is 20.2. The van der Waals surface area contributed by atoms with Crippen molar-refractivity contribution in [3.05, 3.63) is 73.3 Å². The van der Waals surface area contributed by atoms with Crippen molar-refractivity contribution in [2.45, 2.75) is 63.9 Å². The average Bonchev–Trinajstić information content (AvgIpc) is 3.93. The van der Waals surface area contributed by atoms with E-state index in [2.05, 4.69) is 33.8 Å². The number of benzene rings is 2. The van der Waals surface area contributed by atoms with E-state index in [1.54, 1.807) is 24.8 Å². The number of epoxide rings is 2. The molecule has 0 spiro atoms. The Morgan fingerprint density at radius 2 is 0.976 bits per heavy atom. The third-order valence-electron chi connectivity index (χ3n) is 6.99. The molecule has 4 aromatic rings. The first kappa shape index (κ1) is 27.1. The SMILES string of the molecule is CCCC(Oc1cnc(-c2ccc(Oc3ccc(-c4ncc(OC(CCC)C5CO5)cn4)cc3)cc2)nc1)C1CO1. The zero-order chi connectivity index (χ0) is 28.0. The summed E-state index contributed by atoms with van der Waals surface area (Å²) in [5, 5.41) is 0. The highest BCUT2D eigenvalue weighted by Gasteiger charge is 2.34. The van der Waals surface area contributed by atoms with Gasteiger partial charge in [0.05, 0.1) is 38.0 Å². The van der Waals surface area contributed by atoms with Gasteiger partial charge in [-0.25, -0.2) is 19.9 Å². The van der Waals surface area contributed by atoms with E-state index >= 15 is 0 Å². The van der Waals surface area contributed by atoms with Crippen LogP contribution in [0.5, 0.6) is 23.0 Å². The van der Waals surface area contributed by atoms with E-state index in [9.17, 15) is 0 Å². The molecule has 212 valence electrons. The van der Waals surface area contributed by atoms with Gasteiger partial charge in [0, 0.05) is 11.1 Å². The molecule has 4 unspecified atom stereocenters. The van der Waals surface area contributed by atoms with Gasteiger partial charge < -0.3 is 23.7 Å². The van der Waals surface area contributed by atoms with Crippen molar-refractivity contribution in [3.63, 3.8) is 0 Å². The summed E-state index contributed by atoms with van der Waals surface area (Å²) in [6, 6.07) is 15.4. The molecule has 9 heteroatoms.